The van der Waals surface area contributed by atoms with Gasteiger partial charge >= 0.3 is 0 Å². The molecule has 0 atom stereocenters. The van der Waals surface area contributed by atoms with Crippen LogP contribution in [0.3, 0.4) is 0 Å². The summed E-state index contributed by atoms with van der Waals surface area (Å²) in [7, 11) is 0. The highest BCUT2D eigenvalue weighted by Gasteiger charge is 2.15. The lowest BCUT2D eigenvalue weighted by Crippen LogP contribution is -2.02. The molecule has 82 valence electrons. The number of aliphatic hydroxyl groups excluding tert-OH is 1. The van der Waals surface area contributed by atoms with Crippen LogP contribution in [-0.2, 0) is 6.61 Å². The van der Waals surface area contributed by atoms with Crippen LogP contribution < -0.4 is 9.47 Å². The zero-order chi connectivity index (χ0) is 11.0. The number of rotatable bonds is 2. The van der Waals surface area contributed by atoms with Crippen LogP contribution in [0.15, 0.2) is 18.2 Å². The summed E-state index contributed by atoms with van der Waals surface area (Å²) in [6.45, 7) is 0.00267. The van der Waals surface area contributed by atoms with Gasteiger partial charge in [-0.1, -0.05) is 0 Å². The molecule has 3 rings (SSSR count). The topological polar surface area (TPSA) is 82.3 Å². The third kappa shape index (κ3) is 1.29. The second-order valence-corrected chi connectivity index (χ2v) is 3.20. The number of hydrogen-bond donors (Lipinski definition) is 1. The fraction of sp³-hybridized carbons (Fsp3) is 0.222. The van der Waals surface area contributed by atoms with Crippen molar-refractivity contribution >= 4 is 0 Å². The third-order valence-electron chi connectivity index (χ3n) is 2.28. The fourth-order valence-electron chi connectivity index (χ4n) is 1.52. The van der Waals surface area contributed by atoms with Crippen molar-refractivity contribution in [1.29, 1.82) is 0 Å². The molecule has 0 aliphatic carbocycles. The number of fused-ring (bicyclic) bond motifs is 1. The molecule has 1 aliphatic rings. The van der Waals surface area contributed by atoms with E-state index in [1.54, 1.807) is 18.2 Å². The van der Waals surface area contributed by atoms with E-state index < -0.39 is 0 Å². The molecule has 0 bridgehead atoms. The molecule has 1 aliphatic heterocycles. The summed E-state index contributed by atoms with van der Waals surface area (Å²) in [6.07, 6.45) is 0. The molecule has 0 amide bonds. The molecule has 0 radical (unpaired) electrons. The van der Waals surface area contributed by atoms with Crippen molar-refractivity contribution < 1.29 is 14.6 Å². The molecule has 0 saturated carbocycles. The number of aromatic nitrogens is 4. The highest BCUT2D eigenvalue weighted by atomic mass is 16.7. The zero-order valence-electron chi connectivity index (χ0n) is 8.20. The Balaban J connectivity index is 2.07. The van der Waals surface area contributed by atoms with Gasteiger partial charge in [0.1, 0.15) is 6.61 Å². The SMILES string of the molecule is OCc1nnnn1-c1ccc2c(c1)OCO2. The van der Waals surface area contributed by atoms with Gasteiger partial charge in [-0.05, 0) is 22.6 Å². The Morgan fingerprint density at radius 3 is 3.06 bits per heavy atom. The summed E-state index contributed by atoms with van der Waals surface area (Å²) in [5.41, 5.74) is 0.721. The number of ether oxygens (including phenoxy) is 2. The maximum Gasteiger partial charge on any atom is 0.231 e. The Morgan fingerprint density at radius 2 is 2.19 bits per heavy atom. The van der Waals surface area contributed by atoms with Gasteiger partial charge in [0.25, 0.3) is 0 Å². The van der Waals surface area contributed by atoms with Gasteiger partial charge in [-0.2, -0.15) is 4.68 Å². The highest BCUT2D eigenvalue weighted by Crippen LogP contribution is 2.33. The van der Waals surface area contributed by atoms with Crippen LogP contribution in [0.1, 0.15) is 5.82 Å². The molecule has 7 heteroatoms. The van der Waals surface area contributed by atoms with E-state index in [4.69, 9.17) is 14.6 Å². The van der Waals surface area contributed by atoms with E-state index in [0.29, 0.717) is 17.3 Å². The summed E-state index contributed by atoms with van der Waals surface area (Å²) in [6, 6.07) is 5.33. The minimum atomic E-state index is -0.221. The number of nitrogens with zero attached hydrogens (tertiary/aromatic N) is 4. The monoisotopic (exact) mass is 220 g/mol. The summed E-state index contributed by atoms with van der Waals surface area (Å²) in [5.74, 6) is 1.72. The van der Waals surface area contributed by atoms with Crippen LogP contribution in [-0.4, -0.2) is 32.1 Å². The van der Waals surface area contributed by atoms with Gasteiger partial charge < -0.3 is 14.6 Å². The number of hydrogen-bond acceptors (Lipinski definition) is 6. The molecule has 0 spiro atoms. The lowest BCUT2D eigenvalue weighted by molar-refractivity contribution is 0.174. The van der Waals surface area contributed by atoms with Gasteiger partial charge in [0, 0.05) is 6.07 Å². The number of benzene rings is 1. The maximum absolute atomic E-state index is 9.04. The number of aliphatic hydroxyl groups is 1. The molecule has 1 aromatic heterocycles. The lowest BCUT2D eigenvalue weighted by atomic mass is 10.3. The van der Waals surface area contributed by atoms with Crippen molar-refractivity contribution in [2.24, 2.45) is 0 Å². The first-order valence-corrected chi connectivity index (χ1v) is 4.66. The lowest BCUT2D eigenvalue weighted by Gasteiger charge is -2.03. The van der Waals surface area contributed by atoms with E-state index in [-0.39, 0.29) is 13.4 Å². The molecule has 1 N–H and O–H groups in total. The Morgan fingerprint density at radius 1 is 1.31 bits per heavy atom. The Kier molecular flexibility index (Phi) is 1.97. The van der Waals surface area contributed by atoms with E-state index in [1.165, 1.54) is 4.68 Å². The van der Waals surface area contributed by atoms with E-state index >= 15 is 0 Å². The minimum absolute atomic E-state index is 0.221. The molecular weight excluding hydrogens is 212 g/mol. The standard InChI is InChI=1S/C9H8N4O3/c14-4-9-10-11-12-13(9)6-1-2-7-8(3-6)16-5-15-7/h1-3,14H,4-5H2. The van der Waals surface area contributed by atoms with Crippen LogP contribution in [0.5, 0.6) is 11.5 Å². The van der Waals surface area contributed by atoms with Crippen molar-refractivity contribution in [3.05, 3.63) is 24.0 Å². The first-order valence-electron chi connectivity index (χ1n) is 4.66. The van der Waals surface area contributed by atoms with Crippen molar-refractivity contribution in [2.45, 2.75) is 6.61 Å². The second kappa shape index (κ2) is 3.46. The van der Waals surface area contributed by atoms with Crippen LogP contribution in [0, 0.1) is 0 Å². The molecule has 0 saturated heterocycles. The normalized spacial score (nSPS) is 13.1. The number of tetrazole rings is 1. The fourth-order valence-corrected chi connectivity index (χ4v) is 1.52. The van der Waals surface area contributed by atoms with Crippen LogP contribution >= 0.6 is 0 Å². The minimum Gasteiger partial charge on any atom is -0.454 e. The summed E-state index contributed by atoms with van der Waals surface area (Å²) in [4.78, 5) is 0. The Labute approximate surface area is 90.2 Å². The second-order valence-electron chi connectivity index (χ2n) is 3.20. The Hall–Kier alpha value is -2.15. The van der Waals surface area contributed by atoms with E-state index in [2.05, 4.69) is 15.5 Å². The van der Waals surface area contributed by atoms with E-state index in [0.717, 1.165) is 5.69 Å². The molecule has 0 fully saturated rings. The van der Waals surface area contributed by atoms with E-state index in [1.807, 2.05) is 0 Å². The maximum atomic E-state index is 9.04. The zero-order valence-corrected chi connectivity index (χ0v) is 8.20. The van der Waals surface area contributed by atoms with Crippen molar-refractivity contribution in [2.75, 3.05) is 6.79 Å². The van der Waals surface area contributed by atoms with Crippen LogP contribution in [0.2, 0.25) is 0 Å². The van der Waals surface area contributed by atoms with E-state index in [9.17, 15) is 0 Å². The first-order chi connectivity index (χ1) is 7.88. The van der Waals surface area contributed by atoms with Crippen LogP contribution in [0.4, 0.5) is 0 Å². The smallest absolute Gasteiger partial charge is 0.231 e. The predicted molar refractivity (Wildman–Crippen MR) is 51.2 cm³/mol. The van der Waals surface area contributed by atoms with Crippen molar-refractivity contribution in [1.82, 2.24) is 20.2 Å². The summed E-state index contributed by atoms with van der Waals surface area (Å²) in [5, 5.41) is 20.0. The third-order valence-corrected chi connectivity index (χ3v) is 2.28. The van der Waals surface area contributed by atoms with Crippen molar-refractivity contribution in [3.63, 3.8) is 0 Å². The molecule has 7 nitrogen and oxygen atoms in total. The Bertz CT molecular complexity index is 525. The van der Waals surface area contributed by atoms with Gasteiger partial charge in [-0.25, -0.2) is 0 Å². The average molecular weight is 220 g/mol. The predicted octanol–water partition coefficient (Wildman–Crippen LogP) is -0.117. The van der Waals surface area contributed by atoms with Gasteiger partial charge in [-0.3, -0.25) is 0 Å². The quantitative estimate of drug-likeness (QED) is 0.760. The van der Waals surface area contributed by atoms with Gasteiger partial charge in [0.2, 0.25) is 6.79 Å². The largest absolute Gasteiger partial charge is 0.454 e. The molecule has 1 aromatic carbocycles. The molecule has 2 aromatic rings. The van der Waals surface area contributed by atoms with Gasteiger partial charge in [0.05, 0.1) is 5.69 Å². The summed E-state index contributed by atoms with van der Waals surface area (Å²) >= 11 is 0. The van der Waals surface area contributed by atoms with Gasteiger partial charge in [-0.15, -0.1) is 5.10 Å². The first kappa shape index (κ1) is 9.10. The average Bonchev–Trinajstić information content (AvgIpc) is 2.96. The highest BCUT2D eigenvalue weighted by molar-refractivity contribution is 5.49. The molecule has 0 unspecified atom stereocenters. The molecule has 16 heavy (non-hydrogen) atoms. The van der Waals surface area contributed by atoms with Crippen LogP contribution in [0.25, 0.3) is 5.69 Å². The molecular formula is C9H8N4O3. The van der Waals surface area contributed by atoms with Crippen molar-refractivity contribution in [3.8, 4) is 17.2 Å². The van der Waals surface area contributed by atoms with Gasteiger partial charge in [0.15, 0.2) is 17.3 Å². The summed E-state index contributed by atoms with van der Waals surface area (Å²) < 4.78 is 11.9. The molecule has 2 heterocycles.